The lowest BCUT2D eigenvalue weighted by Crippen LogP contribution is -2.31. The quantitative estimate of drug-likeness (QED) is 0.222. The number of terminal acetylenes is 1. The Morgan fingerprint density at radius 3 is 2.79 bits per heavy atom. The fourth-order valence-corrected chi connectivity index (χ4v) is 5.20. The van der Waals surface area contributed by atoms with Crippen LogP contribution in [0.1, 0.15) is 5.69 Å². The molecule has 154 valence electrons. The van der Waals surface area contributed by atoms with Gasteiger partial charge in [0, 0.05) is 22.2 Å². The Bertz CT molecular complexity index is 1020. The first-order valence-corrected chi connectivity index (χ1v) is 12.7. The second-order valence-corrected chi connectivity index (χ2v) is 10.5. The van der Waals surface area contributed by atoms with E-state index < -0.39 is 9.84 Å². The third-order valence-electron chi connectivity index (χ3n) is 3.58. The number of aromatic nitrogens is 1. The Hall–Kier alpha value is -1.24. The van der Waals surface area contributed by atoms with Crippen LogP contribution in [-0.4, -0.2) is 43.8 Å². The molecule has 2 rings (SSSR count). The Morgan fingerprint density at radius 2 is 2.10 bits per heavy atom. The van der Waals surface area contributed by atoms with Gasteiger partial charge in [-0.1, -0.05) is 29.1 Å². The molecule has 1 heterocycles. The smallest absolute Gasteiger partial charge is 0.185 e. The van der Waals surface area contributed by atoms with Crippen LogP contribution in [0.2, 0.25) is 10.0 Å². The number of pyridine rings is 1. The largest absolute Gasteiger partial charge is 0.362 e. The van der Waals surface area contributed by atoms with Crippen molar-refractivity contribution in [3.63, 3.8) is 0 Å². The standard InChI is InChI=1S/C19H18BrCl2N3O2S2/c1-2-7-24-19(13-29(26,27)14-5-6-16(21)17(22)11-14)25-9-10-28-12-18-15(20)4-3-8-23-18/h1,3-6,8,11H,7,9-10,12-13H2,(H,24,25). The maximum absolute atomic E-state index is 12.7. The lowest BCUT2D eigenvalue weighted by atomic mass is 10.4. The minimum absolute atomic E-state index is 0.0801. The third kappa shape index (κ3) is 7.83. The lowest BCUT2D eigenvalue weighted by molar-refractivity contribution is 0.599. The van der Waals surface area contributed by atoms with E-state index >= 15 is 0 Å². The highest BCUT2D eigenvalue weighted by atomic mass is 79.9. The Kier molecular flexibility index (Phi) is 9.80. The van der Waals surface area contributed by atoms with Crippen LogP contribution in [0.15, 0.2) is 50.9 Å². The van der Waals surface area contributed by atoms with Gasteiger partial charge in [-0.05, 0) is 46.3 Å². The minimum atomic E-state index is -3.65. The van der Waals surface area contributed by atoms with Crippen LogP contribution < -0.4 is 5.32 Å². The van der Waals surface area contributed by atoms with E-state index in [1.165, 1.54) is 18.2 Å². The summed E-state index contributed by atoms with van der Waals surface area (Å²) in [7, 11) is -3.65. The van der Waals surface area contributed by atoms with Crippen LogP contribution in [0.4, 0.5) is 0 Å². The number of nitrogens with zero attached hydrogens (tertiary/aromatic N) is 2. The maximum Gasteiger partial charge on any atom is 0.185 e. The second kappa shape index (κ2) is 11.8. The van der Waals surface area contributed by atoms with Crippen molar-refractivity contribution in [2.45, 2.75) is 10.6 Å². The molecule has 0 saturated carbocycles. The van der Waals surface area contributed by atoms with Gasteiger partial charge in [0.1, 0.15) is 11.6 Å². The number of rotatable bonds is 9. The van der Waals surface area contributed by atoms with E-state index in [0.29, 0.717) is 23.2 Å². The molecule has 10 heteroatoms. The predicted molar refractivity (Wildman–Crippen MR) is 126 cm³/mol. The summed E-state index contributed by atoms with van der Waals surface area (Å²) in [4.78, 5) is 8.77. The van der Waals surface area contributed by atoms with Crippen molar-refractivity contribution in [3.8, 4) is 12.3 Å². The zero-order chi connectivity index (χ0) is 21.3. The summed E-state index contributed by atoms with van der Waals surface area (Å²) in [6.07, 6.45) is 7.02. The summed E-state index contributed by atoms with van der Waals surface area (Å²) in [5, 5.41) is 3.36. The predicted octanol–water partition coefficient (Wildman–Crippen LogP) is 4.48. The van der Waals surface area contributed by atoms with Gasteiger partial charge in [-0.15, -0.1) is 6.42 Å². The molecule has 0 radical (unpaired) electrons. The van der Waals surface area contributed by atoms with E-state index in [1.54, 1.807) is 18.0 Å². The van der Waals surface area contributed by atoms with Gasteiger partial charge in [-0.3, -0.25) is 9.98 Å². The number of amidine groups is 1. The first-order valence-electron chi connectivity index (χ1n) is 8.39. The second-order valence-electron chi connectivity index (χ2n) is 5.71. The average molecular weight is 535 g/mol. The summed E-state index contributed by atoms with van der Waals surface area (Å²) in [6, 6.07) is 8.01. The van der Waals surface area contributed by atoms with Crippen molar-refractivity contribution >= 4 is 66.6 Å². The summed E-state index contributed by atoms with van der Waals surface area (Å²) < 4.78 is 26.3. The number of aliphatic imine (C=N–C) groups is 1. The SMILES string of the molecule is C#CCNC(CS(=O)(=O)c1ccc(Cl)c(Cl)c1)=NCCSCc1ncccc1Br. The number of hydrogen-bond acceptors (Lipinski definition) is 5. The van der Waals surface area contributed by atoms with Gasteiger partial charge in [0.05, 0.1) is 33.7 Å². The number of sulfone groups is 1. The summed E-state index contributed by atoms with van der Waals surface area (Å²) in [5.41, 5.74) is 0.953. The molecule has 0 aliphatic heterocycles. The number of benzene rings is 1. The fraction of sp³-hybridized carbons (Fsp3) is 0.263. The van der Waals surface area contributed by atoms with E-state index in [9.17, 15) is 8.42 Å². The number of halogens is 3. The van der Waals surface area contributed by atoms with E-state index in [4.69, 9.17) is 29.6 Å². The van der Waals surface area contributed by atoms with Crippen LogP contribution in [0.5, 0.6) is 0 Å². The molecule has 0 saturated heterocycles. The Labute approximate surface area is 193 Å². The third-order valence-corrected chi connectivity index (χ3v) is 7.62. The van der Waals surface area contributed by atoms with Gasteiger partial charge >= 0.3 is 0 Å². The monoisotopic (exact) mass is 533 g/mol. The highest BCUT2D eigenvalue weighted by Crippen LogP contribution is 2.25. The summed E-state index contributed by atoms with van der Waals surface area (Å²) in [5.74, 6) is 3.87. The van der Waals surface area contributed by atoms with Crippen molar-refractivity contribution in [1.82, 2.24) is 10.3 Å². The highest BCUT2D eigenvalue weighted by molar-refractivity contribution is 9.10. The van der Waals surface area contributed by atoms with E-state index in [-0.39, 0.29) is 22.2 Å². The molecule has 0 aliphatic rings. The molecule has 1 aromatic heterocycles. The molecular formula is C19H18BrCl2N3O2S2. The Morgan fingerprint density at radius 1 is 1.31 bits per heavy atom. The molecule has 0 atom stereocenters. The summed E-state index contributed by atoms with van der Waals surface area (Å²) >= 11 is 16.9. The highest BCUT2D eigenvalue weighted by Gasteiger charge is 2.19. The van der Waals surface area contributed by atoms with Gasteiger partial charge in [0.2, 0.25) is 0 Å². The van der Waals surface area contributed by atoms with Crippen LogP contribution in [0.25, 0.3) is 0 Å². The zero-order valence-electron chi connectivity index (χ0n) is 15.2. The summed E-state index contributed by atoms with van der Waals surface area (Å²) in [6.45, 7) is 0.628. The van der Waals surface area contributed by atoms with Crippen molar-refractivity contribution in [3.05, 3.63) is 56.7 Å². The molecule has 0 spiro atoms. The molecule has 0 unspecified atom stereocenters. The fourth-order valence-electron chi connectivity index (χ4n) is 2.18. The zero-order valence-corrected chi connectivity index (χ0v) is 20.0. The lowest BCUT2D eigenvalue weighted by Gasteiger charge is -2.10. The van der Waals surface area contributed by atoms with Gasteiger partial charge in [0.25, 0.3) is 0 Å². The minimum Gasteiger partial charge on any atom is -0.362 e. The van der Waals surface area contributed by atoms with Gasteiger partial charge < -0.3 is 5.32 Å². The van der Waals surface area contributed by atoms with E-state index in [2.05, 4.69) is 37.1 Å². The molecule has 1 N–H and O–H groups in total. The van der Waals surface area contributed by atoms with E-state index in [0.717, 1.165) is 15.9 Å². The van der Waals surface area contributed by atoms with Crippen molar-refractivity contribution < 1.29 is 8.42 Å². The first kappa shape index (κ1) is 24.0. The Balaban J connectivity index is 1.99. The molecule has 0 amide bonds. The topological polar surface area (TPSA) is 71.4 Å². The molecular weight excluding hydrogens is 517 g/mol. The van der Waals surface area contributed by atoms with Crippen LogP contribution >= 0.6 is 50.9 Å². The first-order chi connectivity index (χ1) is 13.8. The molecule has 5 nitrogen and oxygen atoms in total. The molecule has 29 heavy (non-hydrogen) atoms. The molecule has 2 aromatic rings. The van der Waals surface area contributed by atoms with Crippen LogP contribution in [-0.2, 0) is 15.6 Å². The average Bonchev–Trinajstić information content (AvgIpc) is 2.68. The van der Waals surface area contributed by atoms with Gasteiger partial charge in [0.15, 0.2) is 9.84 Å². The van der Waals surface area contributed by atoms with Crippen LogP contribution in [0.3, 0.4) is 0 Å². The number of hydrogen-bond donors (Lipinski definition) is 1. The maximum atomic E-state index is 12.7. The van der Waals surface area contributed by atoms with Gasteiger partial charge in [-0.2, -0.15) is 11.8 Å². The molecule has 0 fully saturated rings. The van der Waals surface area contributed by atoms with Crippen LogP contribution in [0, 0.1) is 12.3 Å². The molecule has 0 bridgehead atoms. The molecule has 1 aromatic carbocycles. The molecule has 0 aliphatic carbocycles. The van der Waals surface area contributed by atoms with Crippen molar-refractivity contribution in [2.75, 3.05) is 24.6 Å². The number of nitrogens with one attached hydrogen (secondary N) is 1. The number of thioether (sulfide) groups is 1. The van der Waals surface area contributed by atoms with E-state index in [1.807, 2.05) is 12.1 Å². The van der Waals surface area contributed by atoms with Crippen molar-refractivity contribution in [1.29, 1.82) is 0 Å². The normalized spacial score (nSPS) is 11.9. The van der Waals surface area contributed by atoms with Gasteiger partial charge in [-0.25, -0.2) is 8.42 Å². The van der Waals surface area contributed by atoms with Crippen molar-refractivity contribution in [2.24, 2.45) is 4.99 Å².